The number of rotatable bonds is 8. The lowest BCUT2D eigenvalue weighted by Crippen LogP contribution is -2.41. The Morgan fingerprint density at radius 2 is 1.68 bits per heavy atom. The summed E-state index contributed by atoms with van der Waals surface area (Å²) in [6.45, 7) is 4.61. The van der Waals surface area contributed by atoms with E-state index in [0.717, 1.165) is 22.6 Å². The van der Waals surface area contributed by atoms with Crippen LogP contribution in [0.25, 0.3) is 0 Å². The van der Waals surface area contributed by atoms with Gasteiger partial charge in [0.05, 0.1) is 13.7 Å². The largest absolute Gasteiger partial charge is 0.497 e. The van der Waals surface area contributed by atoms with E-state index in [2.05, 4.69) is 10.6 Å². The van der Waals surface area contributed by atoms with E-state index in [1.54, 1.807) is 19.2 Å². The molecule has 148 valence electrons. The lowest BCUT2D eigenvalue weighted by Gasteiger charge is -2.17. The molecule has 28 heavy (non-hydrogen) atoms. The monoisotopic (exact) mass is 382 g/mol. The van der Waals surface area contributed by atoms with Crippen molar-refractivity contribution in [1.29, 1.82) is 0 Å². The normalized spacial score (nSPS) is 14.1. The van der Waals surface area contributed by atoms with E-state index in [-0.39, 0.29) is 11.8 Å². The molecule has 2 aromatic rings. The average Bonchev–Trinajstić information content (AvgIpc) is 3.50. The molecule has 0 bridgehead atoms. The van der Waals surface area contributed by atoms with Crippen molar-refractivity contribution in [3.63, 3.8) is 0 Å². The van der Waals surface area contributed by atoms with Gasteiger partial charge in [-0.3, -0.25) is 9.59 Å². The van der Waals surface area contributed by atoms with Gasteiger partial charge in [0.1, 0.15) is 23.5 Å². The molecule has 6 nitrogen and oxygen atoms in total. The van der Waals surface area contributed by atoms with E-state index in [4.69, 9.17) is 9.47 Å². The van der Waals surface area contributed by atoms with Gasteiger partial charge in [-0.2, -0.15) is 0 Å². The molecule has 2 N–H and O–H groups in total. The highest BCUT2D eigenvalue weighted by molar-refractivity contribution is 6.13. The first-order chi connectivity index (χ1) is 13.4. The Morgan fingerprint density at radius 1 is 1.00 bits per heavy atom. The van der Waals surface area contributed by atoms with Crippen LogP contribution in [-0.2, 0) is 9.59 Å². The van der Waals surface area contributed by atoms with Crippen LogP contribution in [0.1, 0.15) is 24.0 Å². The highest BCUT2D eigenvalue weighted by atomic mass is 16.5. The van der Waals surface area contributed by atoms with Crippen LogP contribution in [-0.4, -0.2) is 32.1 Å². The minimum absolute atomic E-state index is 0.243. The Balaban J connectivity index is 1.48. The highest BCUT2D eigenvalue weighted by Gasteiger charge is 2.56. The van der Waals surface area contributed by atoms with E-state index < -0.39 is 5.41 Å². The van der Waals surface area contributed by atoms with E-state index in [0.29, 0.717) is 31.7 Å². The fourth-order valence-corrected chi connectivity index (χ4v) is 3.05. The van der Waals surface area contributed by atoms with E-state index >= 15 is 0 Å². The molecule has 2 aromatic carbocycles. The summed E-state index contributed by atoms with van der Waals surface area (Å²) in [4.78, 5) is 25.2. The Kier molecular flexibility index (Phi) is 5.87. The van der Waals surface area contributed by atoms with E-state index in [1.165, 1.54) is 0 Å². The van der Waals surface area contributed by atoms with Crippen LogP contribution in [0.5, 0.6) is 11.5 Å². The first-order valence-electron chi connectivity index (χ1n) is 9.38. The summed E-state index contributed by atoms with van der Waals surface area (Å²) in [5, 5.41) is 5.72. The quantitative estimate of drug-likeness (QED) is 0.543. The summed E-state index contributed by atoms with van der Waals surface area (Å²) in [5.41, 5.74) is 1.90. The van der Waals surface area contributed by atoms with Gasteiger partial charge in [0.25, 0.3) is 0 Å². The molecule has 0 aliphatic heterocycles. The van der Waals surface area contributed by atoms with Gasteiger partial charge >= 0.3 is 0 Å². The third kappa shape index (κ3) is 4.44. The molecule has 0 radical (unpaired) electrons. The number of hydrogen-bond donors (Lipinski definition) is 2. The van der Waals surface area contributed by atoms with Crippen molar-refractivity contribution >= 4 is 17.5 Å². The second kappa shape index (κ2) is 8.33. The van der Waals surface area contributed by atoms with E-state index in [1.807, 2.05) is 44.2 Å². The maximum Gasteiger partial charge on any atom is 0.240 e. The first-order valence-corrected chi connectivity index (χ1v) is 9.38. The maximum absolute atomic E-state index is 12.7. The fourth-order valence-electron chi connectivity index (χ4n) is 3.05. The van der Waals surface area contributed by atoms with Gasteiger partial charge in [0.15, 0.2) is 0 Å². The van der Waals surface area contributed by atoms with Crippen molar-refractivity contribution in [1.82, 2.24) is 5.32 Å². The Hall–Kier alpha value is -3.02. The van der Waals surface area contributed by atoms with Crippen LogP contribution in [0.15, 0.2) is 42.5 Å². The Labute approximate surface area is 165 Å². The predicted octanol–water partition coefficient (Wildman–Crippen LogP) is 3.23. The molecule has 0 aromatic heterocycles. The van der Waals surface area contributed by atoms with Crippen LogP contribution in [0.4, 0.5) is 5.69 Å². The SMILES string of the molecule is COc1ccc(OCCNC(=O)C2(C(=O)Nc3ccc(C)cc3C)CC2)cc1. The van der Waals surface area contributed by atoms with Crippen LogP contribution in [0.3, 0.4) is 0 Å². The second-order valence-corrected chi connectivity index (χ2v) is 7.13. The lowest BCUT2D eigenvalue weighted by molar-refractivity contribution is -0.134. The standard InChI is InChI=1S/C22H26N2O4/c1-15-4-9-19(16(2)14-15)24-21(26)22(10-11-22)20(25)23-12-13-28-18-7-5-17(27-3)6-8-18/h4-9,14H,10-13H2,1-3H3,(H,23,25)(H,24,26). The number of carbonyl (C=O) groups is 2. The minimum Gasteiger partial charge on any atom is -0.497 e. The molecule has 1 fully saturated rings. The molecular weight excluding hydrogens is 356 g/mol. The summed E-state index contributed by atoms with van der Waals surface area (Å²) in [6.07, 6.45) is 1.13. The zero-order valence-corrected chi connectivity index (χ0v) is 16.5. The Bertz CT molecular complexity index is 857. The number of nitrogens with one attached hydrogen (secondary N) is 2. The molecule has 0 heterocycles. The summed E-state index contributed by atoms with van der Waals surface area (Å²) in [5.74, 6) is 0.969. The third-order valence-electron chi connectivity index (χ3n) is 4.97. The minimum atomic E-state index is -0.961. The molecular formula is C22H26N2O4. The molecule has 6 heteroatoms. The first kappa shape index (κ1) is 19.7. The number of carbonyl (C=O) groups excluding carboxylic acids is 2. The van der Waals surface area contributed by atoms with E-state index in [9.17, 15) is 9.59 Å². The number of aryl methyl sites for hydroxylation is 2. The van der Waals surface area contributed by atoms with Gasteiger partial charge in [-0.15, -0.1) is 0 Å². The molecule has 1 saturated carbocycles. The van der Waals surface area contributed by atoms with Crippen LogP contribution < -0.4 is 20.1 Å². The van der Waals surface area contributed by atoms with Gasteiger partial charge in [-0.1, -0.05) is 17.7 Å². The molecule has 2 amide bonds. The topological polar surface area (TPSA) is 76.7 Å². The maximum atomic E-state index is 12.7. The zero-order valence-electron chi connectivity index (χ0n) is 16.5. The highest BCUT2D eigenvalue weighted by Crippen LogP contribution is 2.47. The molecule has 0 spiro atoms. The number of amides is 2. The molecule has 1 aliphatic carbocycles. The van der Waals surface area contributed by atoms with Crippen molar-refractivity contribution < 1.29 is 19.1 Å². The second-order valence-electron chi connectivity index (χ2n) is 7.13. The molecule has 0 saturated heterocycles. The number of anilines is 1. The fraction of sp³-hybridized carbons (Fsp3) is 0.364. The smallest absolute Gasteiger partial charge is 0.240 e. The van der Waals surface area contributed by atoms with Crippen molar-refractivity contribution in [2.45, 2.75) is 26.7 Å². The molecule has 0 unspecified atom stereocenters. The number of methoxy groups -OCH3 is 1. The number of ether oxygens (including phenoxy) is 2. The zero-order chi connectivity index (χ0) is 20.1. The van der Waals surface area contributed by atoms with Crippen molar-refractivity contribution in [3.8, 4) is 11.5 Å². The van der Waals surface area contributed by atoms with Crippen LogP contribution in [0, 0.1) is 19.3 Å². The Morgan fingerprint density at radius 3 is 2.29 bits per heavy atom. The van der Waals surface area contributed by atoms with Crippen LogP contribution >= 0.6 is 0 Å². The summed E-state index contributed by atoms with van der Waals surface area (Å²) < 4.78 is 10.7. The predicted molar refractivity (Wildman–Crippen MR) is 108 cm³/mol. The van der Waals surface area contributed by atoms with Crippen molar-refractivity contribution in [2.75, 3.05) is 25.6 Å². The summed E-state index contributed by atoms with van der Waals surface area (Å²) >= 11 is 0. The molecule has 0 atom stereocenters. The van der Waals surface area contributed by atoms with Crippen LogP contribution in [0.2, 0.25) is 0 Å². The van der Waals surface area contributed by atoms with Crippen molar-refractivity contribution in [2.24, 2.45) is 5.41 Å². The van der Waals surface area contributed by atoms with Gasteiger partial charge in [-0.25, -0.2) is 0 Å². The summed E-state index contributed by atoms with van der Waals surface area (Å²) in [6, 6.07) is 13.1. The van der Waals surface area contributed by atoms with Gasteiger partial charge in [-0.05, 0) is 62.6 Å². The lowest BCUT2D eigenvalue weighted by atomic mass is 10.0. The van der Waals surface area contributed by atoms with Crippen molar-refractivity contribution in [3.05, 3.63) is 53.6 Å². The molecule has 3 rings (SSSR count). The number of hydrogen-bond acceptors (Lipinski definition) is 4. The van der Waals surface area contributed by atoms with Gasteiger partial charge < -0.3 is 20.1 Å². The third-order valence-corrected chi connectivity index (χ3v) is 4.97. The number of benzene rings is 2. The van der Waals surface area contributed by atoms with Gasteiger partial charge in [0.2, 0.25) is 11.8 Å². The van der Waals surface area contributed by atoms with Gasteiger partial charge in [0, 0.05) is 5.69 Å². The summed E-state index contributed by atoms with van der Waals surface area (Å²) in [7, 11) is 1.61. The average molecular weight is 382 g/mol. The molecule has 1 aliphatic rings.